The van der Waals surface area contributed by atoms with Crippen LogP contribution in [0.15, 0.2) is 5.38 Å². The van der Waals surface area contributed by atoms with Crippen molar-refractivity contribution in [3.05, 3.63) is 11.1 Å². The Labute approximate surface area is 120 Å². The van der Waals surface area contributed by atoms with E-state index in [2.05, 4.69) is 10.3 Å². The van der Waals surface area contributed by atoms with Crippen LogP contribution in [-0.4, -0.2) is 22.7 Å². The Morgan fingerprint density at radius 3 is 2.50 bits per heavy atom. The number of nitrogens with two attached hydrogens (primary N) is 2. The molecule has 1 aromatic heterocycles. The molecule has 1 unspecified atom stereocenters. The number of anilines is 1. The topological polar surface area (TPSA) is 128 Å². The van der Waals surface area contributed by atoms with Gasteiger partial charge in [-0.15, -0.1) is 11.3 Å². The lowest BCUT2D eigenvalue weighted by Gasteiger charge is -2.14. The lowest BCUT2D eigenvalue weighted by atomic mass is 9.96. The van der Waals surface area contributed by atoms with Crippen LogP contribution in [0, 0.1) is 11.8 Å². The molecule has 0 aliphatic carbocycles. The lowest BCUT2D eigenvalue weighted by Crippen LogP contribution is -2.35. The van der Waals surface area contributed by atoms with Gasteiger partial charge in [0.05, 0.1) is 12.1 Å². The van der Waals surface area contributed by atoms with Gasteiger partial charge in [0, 0.05) is 5.38 Å². The summed E-state index contributed by atoms with van der Waals surface area (Å²) in [6.45, 7) is 3.80. The van der Waals surface area contributed by atoms with Crippen molar-refractivity contribution >= 4 is 34.2 Å². The summed E-state index contributed by atoms with van der Waals surface area (Å²) < 4.78 is 0. The van der Waals surface area contributed by atoms with Gasteiger partial charge >= 0.3 is 0 Å². The third-order valence-electron chi connectivity index (χ3n) is 2.50. The molecule has 0 saturated heterocycles. The molecule has 1 aromatic rings. The van der Waals surface area contributed by atoms with Crippen molar-refractivity contribution in [2.75, 3.05) is 5.32 Å². The average Bonchev–Trinajstić information content (AvgIpc) is 2.71. The Morgan fingerprint density at radius 2 is 2.00 bits per heavy atom. The van der Waals surface area contributed by atoms with Crippen LogP contribution in [-0.2, 0) is 20.8 Å². The minimum absolute atomic E-state index is 0.0115. The van der Waals surface area contributed by atoms with Gasteiger partial charge in [0.1, 0.15) is 5.92 Å². The van der Waals surface area contributed by atoms with Crippen molar-refractivity contribution in [1.82, 2.24) is 4.98 Å². The van der Waals surface area contributed by atoms with Gasteiger partial charge in [-0.05, 0) is 12.3 Å². The van der Waals surface area contributed by atoms with Crippen LogP contribution >= 0.6 is 11.3 Å². The first kappa shape index (κ1) is 16.1. The molecule has 110 valence electrons. The number of nitrogens with zero attached hydrogens (tertiary/aromatic N) is 1. The number of aromatic nitrogens is 1. The van der Waals surface area contributed by atoms with E-state index < -0.39 is 23.6 Å². The number of hydrogen-bond acceptors (Lipinski definition) is 5. The van der Waals surface area contributed by atoms with Gasteiger partial charge in [-0.1, -0.05) is 13.8 Å². The predicted molar refractivity (Wildman–Crippen MR) is 75.8 cm³/mol. The van der Waals surface area contributed by atoms with Gasteiger partial charge < -0.3 is 16.8 Å². The molecule has 0 spiro atoms. The van der Waals surface area contributed by atoms with E-state index >= 15 is 0 Å². The molecule has 0 aliphatic rings. The van der Waals surface area contributed by atoms with Crippen LogP contribution in [0.4, 0.5) is 5.13 Å². The molecule has 0 aromatic carbocycles. The second-order valence-corrected chi connectivity index (χ2v) is 5.72. The summed E-state index contributed by atoms with van der Waals surface area (Å²) >= 11 is 1.16. The third kappa shape index (κ3) is 4.96. The van der Waals surface area contributed by atoms with Gasteiger partial charge in [-0.3, -0.25) is 14.4 Å². The Bertz CT molecular complexity index is 513. The number of hydrogen-bond donors (Lipinski definition) is 3. The normalized spacial score (nSPS) is 12.2. The van der Waals surface area contributed by atoms with Gasteiger partial charge in [-0.25, -0.2) is 4.98 Å². The van der Waals surface area contributed by atoms with E-state index in [0.29, 0.717) is 17.2 Å². The zero-order chi connectivity index (χ0) is 15.3. The molecule has 0 radical (unpaired) electrons. The molecule has 1 rings (SSSR count). The third-order valence-corrected chi connectivity index (χ3v) is 3.31. The van der Waals surface area contributed by atoms with Crippen LogP contribution < -0.4 is 16.8 Å². The van der Waals surface area contributed by atoms with Crippen LogP contribution in [0.1, 0.15) is 26.0 Å². The molecule has 5 N–H and O–H groups in total. The fourth-order valence-electron chi connectivity index (χ4n) is 1.64. The maximum absolute atomic E-state index is 12.0. The van der Waals surface area contributed by atoms with E-state index in [4.69, 9.17) is 11.5 Å². The fourth-order valence-corrected chi connectivity index (χ4v) is 2.35. The highest BCUT2D eigenvalue weighted by Crippen LogP contribution is 2.19. The lowest BCUT2D eigenvalue weighted by molar-refractivity contribution is -0.131. The Balaban J connectivity index is 2.70. The Kier molecular flexibility index (Phi) is 5.63. The number of nitrogens with one attached hydrogen (secondary N) is 1. The zero-order valence-electron chi connectivity index (χ0n) is 11.4. The summed E-state index contributed by atoms with van der Waals surface area (Å²) in [4.78, 5) is 38.1. The number of thiazole rings is 1. The first-order chi connectivity index (χ1) is 9.29. The molecule has 0 saturated carbocycles. The van der Waals surface area contributed by atoms with Crippen LogP contribution in [0.25, 0.3) is 0 Å². The average molecular weight is 298 g/mol. The maximum Gasteiger partial charge on any atom is 0.238 e. The monoisotopic (exact) mass is 298 g/mol. The quantitative estimate of drug-likeness (QED) is 0.623. The van der Waals surface area contributed by atoms with Crippen LogP contribution in [0.3, 0.4) is 0 Å². The Hall–Kier alpha value is -1.96. The first-order valence-electron chi connectivity index (χ1n) is 6.12. The van der Waals surface area contributed by atoms with Crippen molar-refractivity contribution in [3.8, 4) is 0 Å². The molecule has 8 heteroatoms. The zero-order valence-corrected chi connectivity index (χ0v) is 12.2. The SMILES string of the molecule is CC(C)CC(C(N)=O)C(=O)Nc1nc(CC(N)=O)cs1. The predicted octanol–water partition coefficient (Wildman–Crippen LogP) is 0.257. The molecule has 0 fully saturated rings. The van der Waals surface area contributed by atoms with Crippen molar-refractivity contribution in [2.24, 2.45) is 23.3 Å². The van der Waals surface area contributed by atoms with Gasteiger partial charge in [0.25, 0.3) is 0 Å². The van der Waals surface area contributed by atoms with E-state index in [0.717, 1.165) is 11.3 Å². The molecular weight excluding hydrogens is 280 g/mol. The summed E-state index contributed by atoms with van der Waals surface area (Å²) in [5, 5.41) is 4.49. The van der Waals surface area contributed by atoms with Crippen molar-refractivity contribution in [3.63, 3.8) is 0 Å². The fraction of sp³-hybridized carbons (Fsp3) is 0.500. The molecule has 7 nitrogen and oxygen atoms in total. The number of primary amides is 2. The summed E-state index contributed by atoms with van der Waals surface area (Å²) in [6.07, 6.45) is 0.387. The second kappa shape index (κ2) is 6.99. The van der Waals surface area contributed by atoms with E-state index in [1.54, 1.807) is 5.38 Å². The minimum atomic E-state index is -0.890. The standard InChI is InChI=1S/C12H18N4O3S/c1-6(2)3-8(10(14)18)11(19)16-12-15-7(5-20-12)4-9(13)17/h5-6,8H,3-4H2,1-2H3,(H2,13,17)(H2,14,18)(H,15,16,19). The number of amides is 3. The molecule has 1 atom stereocenters. The van der Waals surface area contributed by atoms with E-state index in [9.17, 15) is 14.4 Å². The molecule has 20 heavy (non-hydrogen) atoms. The van der Waals surface area contributed by atoms with Gasteiger partial charge in [0.15, 0.2) is 5.13 Å². The van der Waals surface area contributed by atoms with Crippen molar-refractivity contribution < 1.29 is 14.4 Å². The second-order valence-electron chi connectivity index (χ2n) is 4.86. The summed E-state index contributed by atoms with van der Waals surface area (Å²) in [7, 11) is 0. The molecule has 3 amide bonds. The molecular formula is C12H18N4O3S. The summed E-state index contributed by atoms with van der Waals surface area (Å²) in [6, 6.07) is 0. The number of carbonyl (C=O) groups excluding carboxylic acids is 3. The van der Waals surface area contributed by atoms with Crippen LogP contribution in [0.5, 0.6) is 0 Å². The minimum Gasteiger partial charge on any atom is -0.369 e. The molecule has 1 heterocycles. The Morgan fingerprint density at radius 1 is 1.35 bits per heavy atom. The van der Waals surface area contributed by atoms with E-state index in [-0.39, 0.29) is 12.3 Å². The molecule has 0 bridgehead atoms. The largest absolute Gasteiger partial charge is 0.369 e. The van der Waals surface area contributed by atoms with Crippen LogP contribution in [0.2, 0.25) is 0 Å². The van der Waals surface area contributed by atoms with Gasteiger partial charge in [0.2, 0.25) is 17.7 Å². The highest BCUT2D eigenvalue weighted by atomic mass is 32.1. The number of rotatable bonds is 7. The number of carbonyl (C=O) groups is 3. The first-order valence-corrected chi connectivity index (χ1v) is 7.00. The van der Waals surface area contributed by atoms with Crippen molar-refractivity contribution in [2.45, 2.75) is 26.7 Å². The smallest absolute Gasteiger partial charge is 0.238 e. The summed E-state index contributed by atoms with van der Waals surface area (Å²) in [5.41, 5.74) is 10.8. The maximum atomic E-state index is 12.0. The summed E-state index contributed by atoms with van der Waals surface area (Å²) in [5.74, 6) is -2.36. The highest BCUT2D eigenvalue weighted by molar-refractivity contribution is 7.13. The molecule has 0 aliphatic heterocycles. The van der Waals surface area contributed by atoms with Crippen molar-refractivity contribution in [1.29, 1.82) is 0 Å². The highest BCUT2D eigenvalue weighted by Gasteiger charge is 2.26. The van der Waals surface area contributed by atoms with E-state index in [1.165, 1.54) is 0 Å². The van der Waals surface area contributed by atoms with Gasteiger partial charge in [-0.2, -0.15) is 0 Å². The van der Waals surface area contributed by atoms with E-state index in [1.807, 2.05) is 13.8 Å².